The van der Waals surface area contributed by atoms with Crippen molar-refractivity contribution in [2.24, 2.45) is 0 Å². The number of aromatic nitrogens is 2. The number of ether oxygens (including phenoxy) is 1. The SMILES string of the molecule is CC1(C)OC(=C2C(=O)Nc3ccc(F)cc32)C=C1c1ccc(N(CCO)CCc2ccncc2)nc1. The lowest BCUT2D eigenvalue weighted by Crippen LogP contribution is -2.29. The van der Waals surface area contributed by atoms with Crippen molar-refractivity contribution in [2.45, 2.75) is 25.9 Å². The molecule has 0 saturated heterocycles. The van der Waals surface area contributed by atoms with E-state index in [0.29, 0.717) is 35.7 Å². The second-order valence-electron chi connectivity index (χ2n) is 9.27. The van der Waals surface area contributed by atoms with Gasteiger partial charge in [0.2, 0.25) is 0 Å². The summed E-state index contributed by atoms with van der Waals surface area (Å²) in [6.07, 6.45) is 7.95. The number of nitrogens with zero attached hydrogens (tertiary/aromatic N) is 3. The van der Waals surface area contributed by atoms with Crippen LogP contribution in [0.15, 0.2) is 72.9 Å². The number of halogens is 1. The summed E-state index contributed by atoms with van der Waals surface area (Å²) in [7, 11) is 0. The molecule has 0 aliphatic carbocycles. The van der Waals surface area contributed by atoms with Crippen LogP contribution in [0, 0.1) is 5.82 Å². The summed E-state index contributed by atoms with van der Waals surface area (Å²) in [6.45, 7) is 5.04. The third-order valence-corrected chi connectivity index (χ3v) is 6.43. The molecule has 8 heteroatoms. The van der Waals surface area contributed by atoms with Crippen LogP contribution in [0.4, 0.5) is 15.9 Å². The molecule has 0 spiro atoms. The molecule has 7 nitrogen and oxygen atoms in total. The minimum Gasteiger partial charge on any atom is -0.482 e. The molecule has 1 amide bonds. The number of benzene rings is 1. The standard InChI is InChI=1S/C28H27FN4O3/c1-28(2)22(16-24(36-28)26-21-15-20(29)4-5-23(21)32-27(26)35)19-3-6-25(31-17-19)33(13-14-34)12-9-18-7-10-30-11-8-18/h3-8,10-11,15-17,34H,9,12-14H2,1-2H3,(H,32,35). The van der Waals surface area contributed by atoms with Crippen molar-refractivity contribution in [2.75, 3.05) is 29.9 Å². The summed E-state index contributed by atoms with van der Waals surface area (Å²) < 4.78 is 20.1. The first-order valence-electron chi connectivity index (χ1n) is 11.8. The number of aliphatic hydroxyl groups is 1. The first-order chi connectivity index (χ1) is 17.4. The number of carbonyl (C=O) groups is 1. The van der Waals surface area contributed by atoms with Gasteiger partial charge in [-0.2, -0.15) is 0 Å². The van der Waals surface area contributed by atoms with Crippen LogP contribution in [0.2, 0.25) is 0 Å². The molecule has 2 aliphatic heterocycles. The molecule has 1 aromatic carbocycles. The Bertz CT molecular complexity index is 1350. The number of rotatable bonds is 7. The van der Waals surface area contributed by atoms with E-state index in [-0.39, 0.29) is 12.5 Å². The molecule has 5 rings (SSSR count). The van der Waals surface area contributed by atoms with Crippen molar-refractivity contribution in [3.8, 4) is 0 Å². The Morgan fingerprint density at radius 2 is 1.92 bits per heavy atom. The van der Waals surface area contributed by atoms with Crippen LogP contribution >= 0.6 is 0 Å². The number of nitrogens with one attached hydrogen (secondary N) is 1. The molecule has 0 radical (unpaired) electrons. The van der Waals surface area contributed by atoms with Crippen molar-refractivity contribution in [3.63, 3.8) is 0 Å². The van der Waals surface area contributed by atoms with Gasteiger partial charge in [-0.15, -0.1) is 0 Å². The van der Waals surface area contributed by atoms with E-state index in [1.54, 1.807) is 24.7 Å². The van der Waals surface area contributed by atoms with E-state index in [9.17, 15) is 14.3 Å². The molecule has 2 aromatic heterocycles. The van der Waals surface area contributed by atoms with Gasteiger partial charge < -0.3 is 20.1 Å². The Morgan fingerprint density at radius 3 is 2.64 bits per heavy atom. The summed E-state index contributed by atoms with van der Waals surface area (Å²) in [5.74, 6) is 0.430. The van der Waals surface area contributed by atoms with Crippen molar-refractivity contribution in [1.29, 1.82) is 0 Å². The zero-order chi connectivity index (χ0) is 25.3. The first-order valence-corrected chi connectivity index (χ1v) is 11.8. The summed E-state index contributed by atoms with van der Waals surface area (Å²) in [4.78, 5) is 23.4. The van der Waals surface area contributed by atoms with Gasteiger partial charge in [0.25, 0.3) is 5.91 Å². The highest BCUT2D eigenvalue weighted by atomic mass is 19.1. The van der Waals surface area contributed by atoms with E-state index < -0.39 is 11.4 Å². The molecule has 0 fully saturated rings. The summed E-state index contributed by atoms with van der Waals surface area (Å²) >= 11 is 0. The maximum absolute atomic E-state index is 13.9. The molecule has 3 aromatic rings. The highest BCUT2D eigenvalue weighted by molar-refractivity contribution is 6.32. The van der Waals surface area contributed by atoms with E-state index in [0.717, 1.165) is 28.9 Å². The maximum Gasteiger partial charge on any atom is 0.260 e. The molecule has 4 heterocycles. The number of allylic oxidation sites excluding steroid dienone is 1. The number of pyridine rings is 2. The minimum absolute atomic E-state index is 0.0207. The average molecular weight is 487 g/mol. The lowest BCUT2D eigenvalue weighted by atomic mass is 9.93. The maximum atomic E-state index is 13.9. The number of amides is 1. The van der Waals surface area contributed by atoms with Crippen molar-refractivity contribution < 1.29 is 19.0 Å². The molecular weight excluding hydrogens is 459 g/mol. The fraction of sp³-hybridized carbons (Fsp3) is 0.250. The van der Waals surface area contributed by atoms with E-state index >= 15 is 0 Å². The number of fused-ring (bicyclic) bond motifs is 1. The lowest BCUT2D eigenvalue weighted by Gasteiger charge is -2.25. The third kappa shape index (κ3) is 4.59. The lowest BCUT2D eigenvalue weighted by molar-refractivity contribution is -0.111. The Labute approximate surface area is 209 Å². The smallest absolute Gasteiger partial charge is 0.260 e. The fourth-order valence-electron chi connectivity index (χ4n) is 4.61. The molecule has 2 aliphatic rings. The third-order valence-electron chi connectivity index (χ3n) is 6.43. The number of anilines is 2. The monoisotopic (exact) mass is 486 g/mol. The van der Waals surface area contributed by atoms with Gasteiger partial charge in [0.05, 0.1) is 12.2 Å². The predicted octanol–water partition coefficient (Wildman–Crippen LogP) is 4.21. The molecule has 2 N–H and O–H groups in total. The van der Waals surface area contributed by atoms with Crippen molar-refractivity contribution in [1.82, 2.24) is 9.97 Å². The molecule has 0 saturated carbocycles. The van der Waals surface area contributed by atoms with Crippen molar-refractivity contribution >= 4 is 28.6 Å². The number of hydrogen-bond acceptors (Lipinski definition) is 6. The largest absolute Gasteiger partial charge is 0.482 e. The van der Waals surface area contributed by atoms with Crippen LogP contribution in [-0.2, 0) is 16.0 Å². The second-order valence-corrected chi connectivity index (χ2v) is 9.27. The highest BCUT2D eigenvalue weighted by Gasteiger charge is 2.38. The molecule has 0 atom stereocenters. The van der Waals surface area contributed by atoms with Crippen LogP contribution in [0.1, 0.15) is 30.5 Å². The number of carbonyl (C=O) groups excluding carboxylic acids is 1. The van der Waals surface area contributed by atoms with Gasteiger partial charge in [-0.3, -0.25) is 9.78 Å². The van der Waals surface area contributed by atoms with Crippen LogP contribution in [0.3, 0.4) is 0 Å². The summed E-state index contributed by atoms with van der Waals surface area (Å²) in [5, 5.41) is 12.3. The van der Waals surface area contributed by atoms with E-state index in [4.69, 9.17) is 4.74 Å². The van der Waals surface area contributed by atoms with Gasteiger partial charge >= 0.3 is 0 Å². The van der Waals surface area contributed by atoms with Gasteiger partial charge in [0.1, 0.15) is 23.0 Å². The minimum atomic E-state index is -0.714. The van der Waals surface area contributed by atoms with Crippen LogP contribution in [0.5, 0.6) is 0 Å². The first kappa shape index (κ1) is 23.7. The van der Waals surface area contributed by atoms with Crippen molar-refractivity contribution in [3.05, 3.63) is 95.4 Å². The zero-order valence-corrected chi connectivity index (χ0v) is 20.2. The van der Waals surface area contributed by atoms with Gasteiger partial charge in [0, 0.05) is 54.1 Å². The zero-order valence-electron chi connectivity index (χ0n) is 20.2. The Balaban J connectivity index is 1.42. The van der Waals surface area contributed by atoms with Gasteiger partial charge in [-0.05, 0) is 74.4 Å². The number of hydrogen-bond donors (Lipinski definition) is 2. The van der Waals surface area contributed by atoms with Gasteiger partial charge in [-0.25, -0.2) is 9.37 Å². The molecule has 0 bridgehead atoms. The van der Waals surface area contributed by atoms with Gasteiger partial charge in [0.15, 0.2) is 0 Å². The van der Waals surface area contributed by atoms with E-state index in [1.807, 2.05) is 49.1 Å². The Kier molecular flexibility index (Phi) is 6.28. The fourth-order valence-corrected chi connectivity index (χ4v) is 4.61. The molecule has 184 valence electrons. The molecule has 36 heavy (non-hydrogen) atoms. The predicted molar refractivity (Wildman–Crippen MR) is 137 cm³/mol. The average Bonchev–Trinajstić information content (AvgIpc) is 3.36. The number of aliphatic hydroxyl groups excluding tert-OH is 1. The quantitative estimate of drug-likeness (QED) is 0.487. The topological polar surface area (TPSA) is 87.6 Å². The normalized spacial score (nSPS) is 17.9. The second kappa shape index (κ2) is 9.54. The molecular formula is C28H27FN4O3. The Hall–Kier alpha value is -4.04. The summed E-state index contributed by atoms with van der Waals surface area (Å²) in [5.41, 5.74) is 3.55. The molecule has 0 unspecified atom stereocenters. The summed E-state index contributed by atoms with van der Waals surface area (Å²) in [6, 6.07) is 12.1. The Morgan fingerprint density at radius 1 is 1.11 bits per heavy atom. The highest BCUT2D eigenvalue weighted by Crippen LogP contribution is 2.44. The van der Waals surface area contributed by atoms with Crippen LogP contribution < -0.4 is 10.2 Å². The van der Waals surface area contributed by atoms with Crippen LogP contribution in [-0.4, -0.2) is 46.3 Å². The van der Waals surface area contributed by atoms with Gasteiger partial charge in [-0.1, -0.05) is 0 Å². The van der Waals surface area contributed by atoms with Crippen LogP contribution in [0.25, 0.3) is 11.1 Å². The van der Waals surface area contributed by atoms with E-state index in [2.05, 4.69) is 15.3 Å². The van der Waals surface area contributed by atoms with E-state index in [1.165, 1.54) is 12.1 Å².